The fraction of sp³-hybridized carbons (Fsp3) is 0.364. The molecule has 1 nitrogen and oxygen atoms in total. The van der Waals surface area contributed by atoms with E-state index in [1.54, 1.807) is 10.4 Å². The molecule has 136 valence electrons. The maximum atomic E-state index is 6.51. The summed E-state index contributed by atoms with van der Waals surface area (Å²) in [4.78, 5) is 0. The first-order valence-electron chi connectivity index (χ1n) is 9.90. The summed E-state index contributed by atoms with van der Waals surface area (Å²) in [7, 11) is -1.75. The number of hydrogen-bond acceptors (Lipinski definition) is 1. The van der Waals surface area contributed by atoms with Gasteiger partial charge in [0.2, 0.25) is 0 Å². The molecule has 4 rings (SSSR count). The fourth-order valence-corrected chi connectivity index (χ4v) is 41.6. The molecule has 2 bridgehead atoms. The molecule has 0 heterocycles. The highest BCUT2D eigenvalue weighted by Crippen LogP contribution is 2.51. The van der Waals surface area contributed by atoms with Crippen LogP contribution in [-0.2, 0) is 4.43 Å². The minimum atomic E-state index is -1.70. The van der Waals surface area contributed by atoms with Crippen LogP contribution >= 0.6 is 0 Å². The van der Waals surface area contributed by atoms with Crippen LogP contribution in [0.4, 0.5) is 0 Å². The zero-order valence-corrected chi connectivity index (χ0v) is 19.6. The van der Waals surface area contributed by atoms with Crippen molar-refractivity contribution in [1.29, 1.82) is 0 Å². The number of rotatable bonds is 6. The first kappa shape index (κ1) is 18.2. The predicted molar refractivity (Wildman–Crippen MR) is 120 cm³/mol. The van der Waals surface area contributed by atoms with E-state index >= 15 is 0 Å². The van der Waals surface area contributed by atoms with E-state index < -0.39 is 15.4 Å². The topological polar surface area (TPSA) is 9.23 Å². The van der Waals surface area contributed by atoms with Gasteiger partial charge in [-0.25, -0.2) is 0 Å². The Hall–Kier alpha value is -1.21. The third-order valence-electron chi connectivity index (χ3n) is 7.06. The van der Waals surface area contributed by atoms with Gasteiger partial charge >= 0.3 is 0 Å². The van der Waals surface area contributed by atoms with E-state index in [1.807, 2.05) is 7.11 Å². The summed E-state index contributed by atoms with van der Waals surface area (Å²) in [5.41, 5.74) is 0.841. The van der Waals surface area contributed by atoms with Crippen LogP contribution in [0.5, 0.6) is 0 Å². The smallest absolute Gasteiger partial charge is 0.171 e. The summed E-state index contributed by atoms with van der Waals surface area (Å²) < 4.78 is 6.51. The molecule has 2 aromatic carbocycles. The normalized spacial score (nSPS) is 27.3. The zero-order chi connectivity index (χ0) is 18.2. The Morgan fingerprint density at radius 1 is 0.846 bits per heavy atom. The Morgan fingerprint density at radius 3 is 1.85 bits per heavy atom. The van der Waals surface area contributed by atoms with Gasteiger partial charge in [-0.1, -0.05) is 89.7 Å². The van der Waals surface area contributed by atoms with E-state index in [-0.39, 0.29) is 8.55 Å². The summed E-state index contributed by atoms with van der Waals surface area (Å²) in [5.74, 6) is 1.64. The lowest BCUT2D eigenvalue weighted by Crippen LogP contribution is -2.69. The molecule has 0 amide bonds. The molecule has 4 unspecified atom stereocenters. The molecular weight excluding hydrogens is 364 g/mol. The number of benzene rings is 2. The van der Waals surface area contributed by atoms with Crippen molar-refractivity contribution in [3.05, 3.63) is 72.8 Å². The molecule has 0 saturated heterocycles. The quantitative estimate of drug-likeness (QED) is 0.540. The molecule has 2 aliphatic carbocycles. The summed E-state index contributed by atoms with van der Waals surface area (Å²) in [6, 6.07) is 22.8. The minimum Gasteiger partial charge on any atom is -0.424 e. The van der Waals surface area contributed by atoms with Gasteiger partial charge in [-0.05, 0) is 36.8 Å². The van der Waals surface area contributed by atoms with Crippen LogP contribution in [0.2, 0.25) is 18.6 Å². The van der Waals surface area contributed by atoms with Crippen LogP contribution in [0.3, 0.4) is 0 Å². The van der Waals surface area contributed by atoms with Crippen molar-refractivity contribution >= 4 is 34.4 Å². The van der Waals surface area contributed by atoms with E-state index in [0.29, 0.717) is 0 Å². The summed E-state index contributed by atoms with van der Waals surface area (Å²) in [6.45, 7) is 5.20. The first-order chi connectivity index (χ1) is 12.5. The molecule has 0 spiro atoms. The minimum absolute atomic E-state index is 0.379. The van der Waals surface area contributed by atoms with Crippen LogP contribution in [0.1, 0.15) is 12.8 Å². The van der Waals surface area contributed by atoms with Gasteiger partial charge in [-0.15, -0.1) is 0 Å². The van der Waals surface area contributed by atoms with Crippen molar-refractivity contribution in [2.45, 2.75) is 31.5 Å². The Bertz CT molecular complexity index is 737. The maximum Gasteiger partial charge on any atom is 0.171 e. The van der Waals surface area contributed by atoms with Gasteiger partial charge in [-0.3, -0.25) is 0 Å². The van der Waals surface area contributed by atoms with E-state index in [4.69, 9.17) is 4.43 Å². The lowest BCUT2D eigenvalue weighted by molar-refractivity contribution is 0.392. The Balaban J connectivity index is 1.74. The SMILES string of the molecule is CO[Si](C)([SiH2][Si](C)(c1ccccc1)c1ccccc1)C1CC2C=CC1C2. The second kappa shape index (κ2) is 7.08. The third kappa shape index (κ3) is 3.13. The van der Waals surface area contributed by atoms with Crippen LogP contribution in [0, 0.1) is 11.8 Å². The maximum absolute atomic E-state index is 6.51. The molecule has 0 aromatic heterocycles. The monoisotopic (exact) mass is 394 g/mol. The van der Waals surface area contributed by atoms with Gasteiger partial charge in [0.25, 0.3) is 0 Å². The number of fused-ring (bicyclic) bond motifs is 2. The van der Waals surface area contributed by atoms with E-state index in [1.165, 1.54) is 12.8 Å². The average molecular weight is 395 g/mol. The van der Waals surface area contributed by atoms with Crippen LogP contribution < -0.4 is 10.4 Å². The molecule has 4 heteroatoms. The standard InChI is InChI=1S/C22H30OSi3/c1-23-26(3,22-17-18-14-15-19(22)16-18)24-25(2,20-10-6-4-7-11-20)21-12-8-5-9-13-21/h4-15,18-19,22H,16-17,24H2,1-3H3. The van der Waals surface area contributed by atoms with Crippen LogP contribution in [0.15, 0.2) is 72.8 Å². The van der Waals surface area contributed by atoms with E-state index in [0.717, 1.165) is 17.4 Å². The van der Waals surface area contributed by atoms with Crippen LogP contribution in [-0.4, -0.2) is 31.1 Å². The molecule has 2 aliphatic rings. The van der Waals surface area contributed by atoms with Crippen molar-refractivity contribution in [1.82, 2.24) is 0 Å². The molecule has 0 radical (unpaired) electrons. The van der Waals surface area contributed by atoms with Crippen molar-refractivity contribution in [2.24, 2.45) is 11.8 Å². The second-order valence-electron chi connectivity index (χ2n) is 8.64. The number of allylic oxidation sites excluding steroid dienone is 2. The predicted octanol–water partition coefficient (Wildman–Crippen LogP) is 3.23. The largest absolute Gasteiger partial charge is 0.424 e. The molecule has 0 aliphatic heterocycles. The van der Waals surface area contributed by atoms with Gasteiger partial charge in [-0.2, -0.15) is 0 Å². The van der Waals surface area contributed by atoms with Gasteiger partial charge in [0.1, 0.15) is 7.59 Å². The molecular formula is C22H30OSi3. The molecule has 0 N–H and O–H groups in total. The van der Waals surface area contributed by atoms with E-state index in [9.17, 15) is 0 Å². The van der Waals surface area contributed by atoms with Crippen LogP contribution in [0.25, 0.3) is 0 Å². The van der Waals surface area contributed by atoms with Gasteiger partial charge in [0, 0.05) is 7.11 Å². The van der Waals surface area contributed by atoms with Gasteiger partial charge in [0.05, 0.1) is 8.55 Å². The average Bonchev–Trinajstić information content (AvgIpc) is 3.33. The van der Waals surface area contributed by atoms with E-state index in [2.05, 4.69) is 85.9 Å². The summed E-state index contributed by atoms with van der Waals surface area (Å²) in [6.07, 6.45) is 7.76. The lowest BCUT2D eigenvalue weighted by Gasteiger charge is -2.41. The van der Waals surface area contributed by atoms with Crippen molar-refractivity contribution in [3.8, 4) is 0 Å². The zero-order valence-electron chi connectivity index (χ0n) is 16.2. The van der Waals surface area contributed by atoms with Crippen molar-refractivity contribution in [3.63, 3.8) is 0 Å². The Kier molecular flexibility index (Phi) is 4.94. The highest BCUT2D eigenvalue weighted by atomic mass is 29.6. The Labute approximate surface area is 162 Å². The molecule has 1 fully saturated rings. The lowest BCUT2D eigenvalue weighted by atomic mass is 10.1. The summed E-state index contributed by atoms with van der Waals surface area (Å²) >= 11 is 0. The van der Waals surface area contributed by atoms with Crippen molar-refractivity contribution in [2.75, 3.05) is 7.11 Å². The third-order valence-corrected chi connectivity index (χ3v) is 36.6. The highest BCUT2D eigenvalue weighted by Gasteiger charge is 2.52. The van der Waals surface area contributed by atoms with Gasteiger partial charge < -0.3 is 4.43 Å². The Morgan fingerprint density at radius 2 is 1.42 bits per heavy atom. The molecule has 2 aromatic rings. The summed E-state index contributed by atoms with van der Waals surface area (Å²) in [5, 5.41) is 3.21. The molecule has 1 saturated carbocycles. The highest BCUT2D eigenvalue weighted by molar-refractivity contribution is 7.58. The second-order valence-corrected chi connectivity index (χ2v) is 29.3. The molecule has 26 heavy (non-hydrogen) atoms. The van der Waals surface area contributed by atoms with Gasteiger partial charge in [0.15, 0.2) is 7.83 Å². The number of hydrogen-bond donors (Lipinski definition) is 0. The fourth-order valence-electron chi connectivity index (χ4n) is 5.52. The first-order valence-corrected chi connectivity index (χ1v) is 19.5. The molecule has 4 atom stereocenters. The van der Waals surface area contributed by atoms with Crippen molar-refractivity contribution < 1.29 is 4.43 Å².